The van der Waals surface area contributed by atoms with Gasteiger partial charge in [0.25, 0.3) is 0 Å². The Kier molecular flexibility index (Phi) is 6.96. The molecule has 1 aliphatic carbocycles. The molecule has 10 nitrogen and oxygen atoms in total. The van der Waals surface area contributed by atoms with E-state index in [9.17, 15) is 13.2 Å². The van der Waals surface area contributed by atoms with Crippen molar-refractivity contribution in [1.82, 2.24) is 19.2 Å². The fourth-order valence-electron chi connectivity index (χ4n) is 5.63. The summed E-state index contributed by atoms with van der Waals surface area (Å²) in [6.07, 6.45) is 6.36. The van der Waals surface area contributed by atoms with E-state index in [2.05, 4.69) is 31.5 Å². The number of hydrogen-bond donors (Lipinski definition) is 2. The summed E-state index contributed by atoms with van der Waals surface area (Å²) in [4.78, 5) is 26.8. The van der Waals surface area contributed by atoms with Gasteiger partial charge in [-0.25, -0.2) is 13.4 Å². The number of fused-ring (bicyclic) bond motifs is 2. The van der Waals surface area contributed by atoms with Gasteiger partial charge in [0.1, 0.15) is 5.69 Å². The molecule has 1 saturated heterocycles. The molecule has 1 saturated carbocycles. The monoisotopic (exact) mass is 547 g/mol. The van der Waals surface area contributed by atoms with Crippen LogP contribution in [0.1, 0.15) is 31.2 Å². The Morgan fingerprint density at radius 3 is 2.44 bits per heavy atom. The lowest BCUT2D eigenvalue weighted by molar-refractivity contribution is -0.115. The lowest BCUT2D eigenvalue weighted by Gasteiger charge is -2.34. The van der Waals surface area contributed by atoms with Gasteiger partial charge in [0, 0.05) is 43.6 Å². The fraction of sp³-hybridized carbons (Fsp3) is 0.393. The van der Waals surface area contributed by atoms with Crippen LogP contribution in [0.3, 0.4) is 0 Å². The first-order valence-electron chi connectivity index (χ1n) is 13.5. The largest absolute Gasteiger partial charge is 0.324 e. The predicted molar refractivity (Wildman–Crippen MR) is 151 cm³/mol. The maximum Gasteiger partial charge on any atom is 0.243 e. The molecule has 3 heterocycles. The van der Waals surface area contributed by atoms with Gasteiger partial charge in [-0.3, -0.25) is 4.79 Å². The number of likely N-dealkylation sites (N-methyl/N-ethyl adjacent to an activating group) is 1. The zero-order valence-electron chi connectivity index (χ0n) is 22.0. The van der Waals surface area contributed by atoms with E-state index in [-0.39, 0.29) is 16.8 Å². The number of para-hydroxylation sites is 1. The van der Waals surface area contributed by atoms with Crippen molar-refractivity contribution in [3.05, 3.63) is 60.3 Å². The Morgan fingerprint density at radius 1 is 0.974 bits per heavy atom. The zero-order chi connectivity index (χ0) is 27.0. The van der Waals surface area contributed by atoms with E-state index in [1.165, 1.54) is 4.31 Å². The van der Waals surface area contributed by atoms with Crippen molar-refractivity contribution in [3.8, 4) is 0 Å². The van der Waals surface area contributed by atoms with Crippen LogP contribution in [-0.2, 0) is 21.2 Å². The predicted octanol–water partition coefficient (Wildman–Crippen LogP) is 3.73. The lowest BCUT2D eigenvalue weighted by atomic mass is 10.0. The molecule has 2 N–H and O–H groups in total. The quantitative estimate of drug-likeness (QED) is 0.497. The van der Waals surface area contributed by atoms with E-state index in [1.807, 2.05) is 25.2 Å². The van der Waals surface area contributed by atoms with Gasteiger partial charge in [-0.1, -0.05) is 31.0 Å². The van der Waals surface area contributed by atoms with Crippen LogP contribution in [0.2, 0.25) is 0 Å². The topological polar surface area (TPSA) is 111 Å². The van der Waals surface area contributed by atoms with Crippen molar-refractivity contribution in [1.29, 1.82) is 0 Å². The number of sulfonamides is 1. The van der Waals surface area contributed by atoms with Crippen molar-refractivity contribution < 1.29 is 13.2 Å². The summed E-state index contributed by atoms with van der Waals surface area (Å²) < 4.78 is 27.7. The number of carbonyl (C=O) groups is 1. The SMILES string of the molecule is CN1CCN(S(=O)(=O)c2ccc(Nc3ncc4c(n3)N(C3CCCC3)c3ccccc3CC(=O)N4)cc2)CC1. The van der Waals surface area contributed by atoms with E-state index < -0.39 is 10.0 Å². The van der Waals surface area contributed by atoms with Crippen LogP contribution in [0, 0.1) is 0 Å². The Bertz CT molecular complexity index is 1460. The molecule has 3 aromatic rings. The smallest absolute Gasteiger partial charge is 0.243 e. The molecule has 6 rings (SSSR count). The molecular formula is C28H33N7O3S. The van der Waals surface area contributed by atoms with Crippen molar-refractivity contribution in [2.24, 2.45) is 0 Å². The molecule has 0 bridgehead atoms. The average Bonchev–Trinajstić information content (AvgIpc) is 3.45. The van der Waals surface area contributed by atoms with Gasteiger partial charge in [0.05, 0.1) is 17.5 Å². The number of rotatable bonds is 5. The number of piperazine rings is 1. The molecule has 2 fully saturated rings. The van der Waals surface area contributed by atoms with Crippen LogP contribution in [-0.4, -0.2) is 72.8 Å². The van der Waals surface area contributed by atoms with E-state index >= 15 is 0 Å². The fourth-order valence-corrected chi connectivity index (χ4v) is 7.05. The molecule has 3 aliphatic rings. The number of hydrogen-bond acceptors (Lipinski definition) is 8. The summed E-state index contributed by atoms with van der Waals surface area (Å²) in [6.45, 7) is 2.41. The molecular weight excluding hydrogens is 514 g/mol. The van der Waals surface area contributed by atoms with Crippen molar-refractivity contribution in [3.63, 3.8) is 0 Å². The maximum atomic E-state index is 13.1. The molecule has 39 heavy (non-hydrogen) atoms. The number of benzene rings is 2. The third-order valence-electron chi connectivity index (χ3n) is 7.77. The van der Waals surface area contributed by atoms with Crippen molar-refractivity contribution in [2.45, 2.75) is 43.0 Å². The van der Waals surface area contributed by atoms with Crippen LogP contribution in [0.25, 0.3) is 0 Å². The molecule has 11 heteroatoms. The van der Waals surface area contributed by atoms with E-state index in [1.54, 1.807) is 30.5 Å². The highest BCUT2D eigenvalue weighted by atomic mass is 32.2. The number of aromatic nitrogens is 2. The third kappa shape index (κ3) is 5.21. The number of amides is 1. The summed E-state index contributed by atoms with van der Waals surface area (Å²) in [5.41, 5.74) is 3.23. The average molecular weight is 548 g/mol. The summed E-state index contributed by atoms with van der Waals surface area (Å²) in [5, 5.41) is 6.22. The Hall–Kier alpha value is -3.54. The van der Waals surface area contributed by atoms with Crippen LogP contribution < -0.4 is 15.5 Å². The van der Waals surface area contributed by atoms with Gasteiger partial charge in [-0.15, -0.1) is 0 Å². The summed E-state index contributed by atoms with van der Waals surface area (Å²) in [5.74, 6) is 0.934. The molecule has 2 aliphatic heterocycles. The Labute approximate surface area is 229 Å². The van der Waals surface area contributed by atoms with Crippen LogP contribution in [0.15, 0.2) is 59.6 Å². The number of anilines is 5. The molecule has 1 amide bonds. The van der Waals surface area contributed by atoms with Gasteiger partial charge in [-0.2, -0.15) is 9.29 Å². The van der Waals surface area contributed by atoms with Crippen LogP contribution >= 0.6 is 0 Å². The number of carbonyl (C=O) groups excluding carboxylic acids is 1. The summed E-state index contributed by atoms with van der Waals surface area (Å²) in [6, 6.07) is 15.0. The molecule has 204 valence electrons. The van der Waals surface area contributed by atoms with Gasteiger partial charge < -0.3 is 20.4 Å². The highest BCUT2D eigenvalue weighted by molar-refractivity contribution is 7.89. The normalized spacial score (nSPS) is 19.1. The van der Waals surface area contributed by atoms with Gasteiger partial charge in [-0.05, 0) is 55.8 Å². The maximum absolute atomic E-state index is 13.1. The second-order valence-electron chi connectivity index (χ2n) is 10.4. The first kappa shape index (κ1) is 25.7. The summed E-state index contributed by atoms with van der Waals surface area (Å²) in [7, 11) is -1.55. The Morgan fingerprint density at radius 2 is 1.69 bits per heavy atom. The molecule has 0 unspecified atom stereocenters. The Balaban J connectivity index is 1.29. The highest BCUT2D eigenvalue weighted by Crippen LogP contribution is 2.41. The molecule has 2 aromatic carbocycles. The second kappa shape index (κ2) is 10.6. The van der Waals surface area contributed by atoms with E-state index in [4.69, 9.17) is 4.98 Å². The van der Waals surface area contributed by atoms with E-state index in [0.29, 0.717) is 42.7 Å². The first-order valence-corrected chi connectivity index (χ1v) is 14.9. The lowest BCUT2D eigenvalue weighted by Crippen LogP contribution is -2.46. The van der Waals surface area contributed by atoms with Crippen molar-refractivity contribution >= 4 is 44.8 Å². The third-order valence-corrected chi connectivity index (χ3v) is 9.69. The minimum absolute atomic E-state index is 0.101. The van der Waals surface area contributed by atoms with Crippen LogP contribution in [0.5, 0.6) is 0 Å². The second-order valence-corrected chi connectivity index (χ2v) is 12.4. The molecule has 0 spiro atoms. The number of nitrogens with zero attached hydrogens (tertiary/aromatic N) is 5. The molecule has 1 aromatic heterocycles. The molecule has 0 radical (unpaired) electrons. The molecule has 0 atom stereocenters. The van der Waals surface area contributed by atoms with Crippen molar-refractivity contribution in [2.75, 3.05) is 48.8 Å². The standard InChI is InChI=1S/C28H33N7O3S/c1-33-14-16-34(17-15-33)39(37,38)23-12-10-21(11-13-23)30-28-29-19-24-27(32-28)35(22-7-3-4-8-22)25-9-5-2-6-20(25)18-26(36)31-24/h2,5-6,9-13,19,22H,3-4,7-8,14-18H2,1H3,(H,31,36)(H,29,30,32). The van der Waals surface area contributed by atoms with E-state index in [0.717, 1.165) is 50.0 Å². The first-order chi connectivity index (χ1) is 18.9. The number of nitrogens with one attached hydrogen (secondary N) is 2. The summed E-state index contributed by atoms with van der Waals surface area (Å²) >= 11 is 0. The van der Waals surface area contributed by atoms with Gasteiger partial charge >= 0.3 is 0 Å². The minimum atomic E-state index is -3.54. The highest BCUT2D eigenvalue weighted by Gasteiger charge is 2.32. The van der Waals surface area contributed by atoms with Crippen LogP contribution in [0.4, 0.5) is 28.8 Å². The zero-order valence-corrected chi connectivity index (χ0v) is 22.8. The van der Waals surface area contributed by atoms with Gasteiger partial charge in [0.15, 0.2) is 5.82 Å². The van der Waals surface area contributed by atoms with Gasteiger partial charge in [0.2, 0.25) is 21.9 Å². The minimum Gasteiger partial charge on any atom is -0.324 e.